The zero-order chi connectivity index (χ0) is 6.91. The van der Waals surface area contributed by atoms with Gasteiger partial charge in [0.25, 0.3) is 0 Å². The van der Waals surface area contributed by atoms with Crippen LogP contribution in [-0.4, -0.2) is 31.6 Å². The Balaban J connectivity index is 2.45. The molecule has 0 amide bonds. The van der Waals surface area contributed by atoms with Crippen LogP contribution in [0.2, 0.25) is 0 Å². The number of nitrogens with zero attached hydrogens (tertiary/aromatic N) is 1. The molecule has 0 unspecified atom stereocenters. The Morgan fingerprint density at radius 3 is 2.56 bits per heavy atom. The van der Waals surface area contributed by atoms with Crippen molar-refractivity contribution in [3.63, 3.8) is 0 Å². The van der Waals surface area contributed by atoms with Crippen LogP contribution in [0.1, 0.15) is 13.3 Å². The summed E-state index contributed by atoms with van der Waals surface area (Å²) in [5.74, 6) is 0. The zero-order valence-corrected chi connectivity index (χ0v) is 6.35. The molecule has 0 bridgehead atoms. The predicted octanol–water partition coefficient (Wildman–Crippen LogP) is 0.287. The molecule has 54 valence electrons. The van der Waals surface area contributed by atoms with Crippen molar-refractivity contribution >= 4 is 0 Å². The van der Waals surface area contributed by atoms with Crippen LogP contribution in [0.25, 0.3) is 0 Å². The molecule has 0 radical (unpaired) electrons. The third-order valence-electron chi connectivity index (χ3n) is 2.24. The van der Waals surface area contributed by atoms with E-state index < -0.39 is 0 Å². The van der Waals surface area contributed by atoms with Crippen LogP contribution in [0.5, 0.6) is 0 Å². The molecule has 9 heavy (non-hydrogen) atoms. The van der Waals surface area contributed by atoms with Crippen LogP contribution in [0.4, 0.5) is 0 Å². The summed E-state index contributed by atoms with van der Waals surface area (Å²) in [5, 5.41) is 0. The Morgan fingerprint density at radius 2 is 2.33 bits per heavy atom. The molecule has 2 N–H and O–H groups in total. The van der Waals surface area contributed by atoms with Gasteiger partial charge in [-0.1, -0.05) is 6.92 Å². The Hall–Kier alpha value is -0.0800. The van der Waals surface area contributed by atoms with E-state index in [0.29, 0.717) is 5.41 Å². The van der Waals surface area contributed by atoms with Crippen LogP contribution in [0.15, 0.2) is 0 Å². The zero-order valence-electron chi connectivity index (χ0n) is 6.35. The van der Waals surface area contributed by atoms with Gasteiger partial charge in [0, 0.05) is 6.54 Å². The minimum atomic E-state index is 0.411. The summed E-state index contributed by atoms with van der Waals surface area (Å²) in [5.41, 5.74) is 6.02. The van der Waals surface area contributed by atoms with Crippen LogP contribution in [0.3, 0.4) is 0 Å². The van der Waals surface area contributed by atoms with Crippen LogP contribution in [-0.2, 0) is 0 Å². The lowest BCUT2D eigenvalue weighted by molar-refractivity contribution is 0.318. The smallest absolute Gasteiger partial charge is 0.00448 e. The van der Waals surface area contributed by atoms with E-state index in [-0.39, 0.29) is 0 Å². The summed E-state index contributed by atoms with van der Waals surface area (Å²) in [7, 11) is 2.15. The molecule has 1 rings (SSSR count). The number of nitrogens with two attached hydrogens (primary N) is 1. The summed E-state index contributed by atoms with van der Waals surface area (Å²) < 4.78 is 0. The van der Waals surface area contributed by atoms with Gasteiger partial charge in [0.2, 0.25) is 0 Å². The molecule has 0 aromatic rings. The summed E-state index contributed by atoms with van der Waals surface area (Å²) in [6, 6.07) is 0. The molecule has 1 fully saturated rings. The maximum absolute atomic E-state index is 5.60. The number of hydrogen-bond donors (Lipinski definition) is 1. The van der Waals surface area contributed by atoms with Gasteiger partial charge in [-0.15, -0.1) is 0 Å². The topological polar surface area (TPSA) is 29.3 Å². The van der Waals surface area contributed by atoms with E-state index in [0.717, 1.165) is 6.54 Å². The first kappa shape index (κ1) is 7.03. The highest BCUT2D eigenvalue weighted by Crippen LogP contribution is 2.26. The average molecular weight is 128 g/mol. The molecule has 0 aromatic heterocycles. The number of likely N-dealkylation sites (tertiary alicyclic amines) is 1. The first-order chi connectivity index (χ1) is 4.16. The normalized spacial score (nSPS) is 37.7. The molecule has 1 aliphatic heterocycles. The van der Waals surface area contributed by atoms with Crippen molar-refractivity contribution < 1.29 is 0 Å². The molecule has 0 spiro atoms. The minimum Gasteiger partial charge on any atom is -0.330 e. The quantitative estimate of drug-likeness (QED) is 0.550. The molecule has 1 saturated heterocycles. The minimum absolute atomic E-state index is 0.411. The first-order valence-electron chi connectivity index (χ1n) is 3.55. The molecule has 1 heterocycles. The maximum Gasteiger partial charge on any atom is 0.00448 e. The first-order valence-corrected chi connectivity index (χ1v) is 3.55. The lowest BCUT2D eigenvalue weighted by Crippen LogP contribution is -2.29. The van der Waals surface area contributed by atoms with Crippen molar-refractivity contribution in [1.29, 1.82) is 0 Å². The fourth-order valence-electron chi connectivity index (χ4n) is 1.44. The van der Waals surface area contributed by atoms with E-state index in [4.69, 9.17) is 5.73 Å². The molecule has 0 aliphatic carbocycles. The summed E-state index contributed by atoms with van der Waals surface area (Å²) in [6.45, 7) is 5.48. The Morgan fingerprint density at radius 1 is 1.67 bits per heavy atom. The van der Waals surface area contributed by atoms with E-state index in [2.05, 4.69) is 18.9 Å². The molecule has 1 aliphatic rings. The fraction of sp³-hybridized carbons (Fsp3) is 1.00. The van der Waals surface area contributed by atoms with Crippen molar-refractivity contribution in [2.75, 3.05) is 26.7 Å². The van der Waals surface area contributed by atoms with E-state index in [9.17, 15) is 0 Å². The summed E-state index contributed by atoms with van der Waals surface area (Å²) in [6.07, 6.45) is 1.26. The van der Waals surface area contributed by atoms with Gasteiger partial charge in [0.15, 0.2) is 0 Å². The van der Waals surface area contributed by atoms with E-state index in [1.54, 1.807) is 0 Å². The fourth-order valence-corrected chi connectivity index (χ4v) is 1.44. The van der Waals surface area contributed by atoms with Gasteiger partial charge >= 0.3 is 0 Å². The third kappa shape index (κ3) is 1.43. The van der Waals surface area contributed by atoms with Crippen molar-refractivity contribution in [3.8, 4) is 0 Å². The molecule has 2 nitrogen and oxygen atoms in total. The van der Waals surface area contributed by atoms with Crippen molar-refractivity contribution in [1.82, 2.24) is 4.90 Å². The number of rotatable bonds is 1. The van der Waals surface area contributed by atoms with Gasteiger partial charge in [-0.3, -0.25) is 0 Å². The molecule has 1 atom stereocenters. The predicted molar refractivity (Wildman–Crippen MR) is 39.3 cm³/mol. The lowest BCUT2D eigenvalue weighted by atomic mass is 9.90. The maximum atomic E-state index is 5.60. The average Bonchev–Trinajstić information content (AvgIpc) is 2.13. The molecule has 0 saturated carbocycles. The van der Waals surface area contributed by atoms with Crippen molar-refractivity contribution in [3.05, 3.63) is 0 Å². The van der Waals surface area contributed by atoms with Gasteiger partial charge in [-0.2, -0.15) is 0 Å². The van der Waals surface area contributed by atoms with Crippen molar-refractivity contribution in [2.24, 2.45) is 11.1 Å². The molecular weight excluding hydrogens is 112 g/mol. The van der Waals surface area contributed by atoms with E-state index in [1.165, 1.54) is 19.5 Å². The SMILES string of the molecule is CN1CC[C@@](C)(CN)C1. The Labute approximate surface area is 57.0 Å². The largest absolute Gasteiger partial charge is 0.330 e. The van der Waals surface area contributed by atoms with Crippen LogP contribution >= 0.6 is 0 Å². The molecule has 2 heteroatoms. The van der Waals surface area contributed by atoms with E-state index in [1.807, 2.05) is 0 Å². The highest BCUT2D eigenvalue weighted by molar-refractivity contribution is 4.85. The lowest BCUT2D eigenvalue weighted by Gasteiger charge is -2.20. The van der Waals surface area contributed by atoms with Gasteiger partial charge in [-0.05, 0) is 32.0 Å². The Bertz CT molecular complexity index is 103. The van der Waals surface area contributed by atoms with Gasteiger partial charge < -0.3 is 10.6 Å². The van der Waals surface area contributed by atoms with Crippen LogP contribution < -0.4 is 5.73 Å². The third-order valence-corrected chi connectivity index (χ3v) is 2.24. The van der Waals surface area contributed by atoms with Crippen molar-refractivity contribution in [2.45, 2.75) is 13.3 Å². The van der Waals surface area contributed by atoms with E-state index >= 15 is 0 Å². The molecule has 0 aromatic carbocycles. The van der Waals surface area contributed by atoms with Crippen LogP contribution in [0, 0.1) is 5.41 Å². The number of hydrogen-bond acceptors (Lipinski definition) is 2. The van der Waals surface area contributed by atoms with Gasteiger partial charge in [-0.25, -0.2) is 0 Å². The highest BCUT2D eigenvalue weighted by atomic mass is 15.1. The van der Waals surface area contributed by atoms with Gasteiger partial charge in [0.1, 0.15) is 0 Å². The summed E-state index contributed by atoms with van der Waals surface area (Å²) >= 11 is 0. The Kier molecular flexibility index (Phi) is 1.78. The second-order valence-electron chi connectivity index (χ2n) is 3.50. The van der Waals surface area contributed by atoms with Gasteiger partial charge in [0.05, 0.1) is 0 Å². The monoisotopic (exact) mass is 128 g/mol. The second-order valence-corrected chi connectivity index (χ2v) is 3.50. The molecular formula is C7H16N2. The summed E-state index contributed by atoms with van der Waals surface area (Å²) in [4.78, 5) is 2.34. The standard InChI is InChI=1S/C7H16N2/c1-7(5-8)3-4-9(2)6-7/h3-6,8H2,1-2H3/t7-/m0/s1. The second kappa shape index (κ2) is 2.27. The highest BCUT2D eigenvalue weighted by Gasteiger charge is 2.29.